The maximum atomic E-state index is 6.93. The van der Waals surface area contributed by atoms with E-state index in [0.717, 1.165) is 67.2 Å². The maximum Gasteiger partial charge on any atom is 2.00 e. The van der Waals surface area contributed by atoms with Gasteiger partial charge in [0.1, 0.15) is 11.5 Å². The maximum absolute atomic E-state index is 6.93. The molecule has 1 aliphatic rings. The predicted molar refractivity (Wildman–Crippen MR) is 362 cm³/mol. The van der Waals surface area contributed by atoms with Crippen LogP contribution in [0.15, 0.2) is 194 Å². The van der Waals surface area contributed by atoms with Crippen molar-refractivity contribution in [1.29, 1.82) is 0 Å². The van der Waals surface area contributed by atoms with Crippen molar-refractivity contribution in [2.24, 2.45) is 0 Å². The summed E-state index contributed by atoms with van der Waals surface area (Å²) < 4.78 is 16.0. The molecule has 0 saturated heterocycles. The van der Waals surface area contributed by atoms with Crippen molar-refractivity contribution in [2.45, 2.75) is 131 Å². The summed E-state index contributed by atoms with van der Waals surface area (Å²) in [5, 5.41) is 4.66. The van der Waals surface area contributed by atoms with E-state index >= 15 is 0 Å². The fraction of sp³-hybridized carbons (Fsp3) is 0.250. The molecule has 1 aliphatic heterocycles. The predicted octanol–water partition coefficient (Wildman–Crippen LogP) is 21.3. The number of aromatic nitrogens is 3. The van der Waals surface area contributed by atoms with Crippen LogP contribution in [0.1, 0.15) is 132 Å². The molecule has 87 heavy (non-hydrogen) atoms. The van der Waals surface area contributed by atoms with E-state index in [1.165, 1.54) is 60.8 Å². The summed E-state index contributed by atoms with van der Waals surface area (Å²) >= 11 is 0. The summed E-state index contributed by atoms with van der Waals surface area (Å²) in [6, 6.07) is 80.1. The number of benzene rings is 9. The van der Waals surface area contributed by atoms with Gasteiger partial charge < -0.3 is 13.9 Å². The molecule has 3 aromatic heterocycles. The molecule has 4 heterocycles. The summed E-state index contributed by atoms with van der Waals surface area (Å²) in [5.41, 5.74) is 19.9. The van der Waals surface area contributed by atoms with Gasteiger partial charge in [-0.05, 0) is 130 Å². The van der Waals surface area contributed by atoms with E-state index < -0.39 is 0 Å². The van der Waals surface area contributed by atoms with E-state index in [1.807, 2.05) is 24.4 Å². The van der Waals surface area contributed by atoms with E-state index in [-0.39, 0.29) is 48.1 Å². The van der Waals surface area contributed by atoms with Gasteiger partial charge in [0.05, 0.1) is 16.6 Å². The fourth-order valence-corrected chi connectivity index (χ4v) is 12.2. The van der Waals surface area contributed by atoms with Crippen LogP contribution in [0.2, 0.25) is 0 Å². The van der Waals surface area contributed by atoms with Crippen LogP contribution in [0.3, 0.4) is 0 Å². The molecule has 0 spiro atoms. The van der Waals surface area contributed by atoms with E-state index in [0.29, 0.717) is 11.5 Å². The molecule has 0 aliphatic carbocycles. The zero-order valence-corrected chi connectivity index (χ0v) is 55.2. The normalized spacial score (nSPS) is 13.1. The summed E-state index contributed by atoms with van der Waals surface area (Å²) in [6.45, 7) is 34.3. The topological polar surface area (TPSA) is 38.0 Å². The molecule has 0 atom stereocenters. The van der Waals surface area contributed by atoms with Crippen LogP contribution in [0.4, 0.5) is 22.7 Å². The Hall–Kier alpha value is -8.40. The average molecular weight is 1320 g/mol. The molecular formula is C80H77N5OPt+2. The zero-order chi connectivity index (χ0) is 60.4. The minimum absolute atomic E-state index is 0. The summed E-state index contributed by atoms with van der Waals surface area (Å²) in [6.07, 6.45) is 1.93. The number of para-hydroxylation sites is 3. The summed E-state index contributed by atoms with van der Waals surface area (Å²) in [4.78, 5) is 5.04. The number of rotatable bonds is 8. The molecular weight excluding hydrogens is 1240 g/mol. The molecule has 12 aromatic rings. The van der Waals surface area contributed by atoms with Gasteiger partial charge in [0, 0.05) is 57.9 Å². The van der Waals surface area contributed by atoms with Crippen molar-refractivity contribution in [1.82, 2.24) is 23.3 Å². The smallest absolute Gasteiger partial charge is 0.509 e. The Bertz CT molecular complexity index is 4680. The summed E-state index contributed by atoms with van der Waals surface area (Å²) in [5.74, 6) is 1.97. The standard InChI is InChI=1S/C80H77N5O.Pt/c1-76(2,3)54-37-38-81-74(47-54)85-71-36-33-51(53-39-55(77(4,5)6)43-56(40-53)78(7,8)9)42-68(71)67-35-34-63(49-73(67)85)86-62-26-21-24-59(48-62)82-50-83(61-45-57(79(10,11)12)44-58(46-61)80(13,14)15)75-64(29-22-32-72(75)82)52-23-20-25-60(41-52)84-69-30-18-16-27-65(69)66-28-17-19-31-70(66)84;/h16-47H,1-15H3;/q;+2. The molecule has 0 radical (unpaired) electrons. The Balaban J connectivity index is 0.00000739. The zero-order valence-electron chi connectivity index (χ0n) is 52.9. The number of ether oxygens (including phenoxy) is 1. The van der Waals surface area contributed by atoms with Gasteiger partial charge in [-0.25, -0.2) is 4.98 Å². The van der Waals surface area contributed by atoms with Gasteiger partial charge in [0.2, 0.25) is 5.69 Å². The Morgan fingerprint density at radius 1 is 0.414 bits per heavy atom. The second-order valence-electron chi connectivity index (χ2n) is 28.7. The first-order chi connectivity index (χ1) is 40.8. The quantitative estimate of drug-likeness (QED) is 0.112. The number of pyridine rings is 1. The fourth-order valence-electron chi connectivity index (χ4n) is 12.2. The number of nitrogens with zero attached hydrogens (tertiary/aromatic N) is 5. The third-order valence-electron chi connectivity index (χ3n) is 17.3. The number of hydrogen-bond donors (Lipinski definition) is 0. The first-order valence-electron chi connectivity index (χ1n) is 30.3. The molecule has 7 heteroatoms. The van der Waals surface area contributed by atoms with Crippen LogP contribution in [0.25, 0.3) is 77.4 Å². The monoisotopic (exact) mass is 1320 g/mol. The van der Waals surface area contributed by atoms with E-state index in [9.17, 15) is 0 Å². The minimum Gasteiger partial charge on any atom is -0.509 e. The molecule has 0 N–H and O–H groups in total. The molecule has 9 aromatic carbocycles. The Kier molecular flexibility index (Phi) is 14.6. The molecule has 0 bridgehead atoms. The second-order valence-corrected chi connectivity index (χ2v) is 28.7. The van der Waals surface area contributed by atoms with Gasteiger partial charge in [0.15, 0.2) is 0 Å². The van der Waals surface area contributed by atoms with E-state index in [1.54, 1.807) is 0 Å². The number of hydrogen-bond acceptors (Lipinski definition) is 2. The molecule has 0 amide bonds. The molecule has 13 rings (SSSR count). The average Bonchev–Trinajstić information content (AvgIpc) is 1.71. The van der Waals surface area contributed by atoms with Crippen molar-refractivity contribution >= 4 is 72.4 Å². The van der Waals surface area contributed by atoms with E-state index in [2.05, 4.69) is 310 Å². The Labute approximate surface area is 528 Å². The van der Waals surface area contributed by atoms with Crippen LogP contribution >= 0.6 is 0 Å². The van der Waals surface area contributed by atoms with Crippen LogP contribution in [-0.2, 0) is 48.1 Å². The van der Waals surface area contributed by atoms with Crippen molar-refractivity contribution in [2.75, 3.05) is 0 Å². The van der Waals surface area contributed by atoms with Crippen LogP contribution in [0, 0.1) is 12.1 Å². The van der Waals surface area contributed by atoms with Gasteiger partial charge >= 0.3 is 32.8 Å². The van der Waals surface area contributed by atoms with Crippen molar-refractivity contribution in [3.63, 3.8) is 0 Å². The SMILES string of the molecule is CC(C)(C)c1cc(-c2ccc3c(c2)c2ccc(Oc4[c-]c([N+]5=C=[N+](c6cc(C(C)(C)C)cc(C(C)(C)C)c6)c6c(-c7cccc(-n8c9ccccc9c9ccccc98)c7)cccc65)ccc4)[c-]c2n3-c2cc(C(C)(C)C)ccn2)cc(C(C)(C)C)c1.[Pt+2]. The Morgan fingerprint density at radius 2 is 0.989 bits per heavy atom. The molecule has 0 fully saturated rings. The first kappa shape index (κ1) is 59.0. The third kappa shape index (κ3) is 10.9. The molecule has 0 unspecified atom stereocenters. The number of fused-ring (bicyclic) bond motifs is 7. The van der Waals surface area contributed by atoms with Gasteiger partial charge in [0.25, 0.3) is 5.69 Å². The Morgan fingerprint density at radius 3 is 1.62 bits per heavy atom. The van der Waals surface area contributed by atoms with Crippen molar-refractivity contribution in [3.8, 4) is 45.3 Å². The first-order valence-corrected chi connectivity index (χ1v) is 30.3. The van der Waals surface area contributed by atoms with Crippen LogP contribution in [0.5, 0.6) is 11.5 Å². The molecule has 436 valence electrons. The van der Waals surface area contributed by atoms with Crippen molar-refractivity contribution < 1.29 is 25.8 Å². The largest absolute Gasteiger partial charge is 2.00 e. The van der Waals surface area contributed by atoms with Crippen LogP contribution in [-0.4, -0.2) is 20.1 Å². The second kappa shape index (κ2) is 21.5. The van der Waals surface area contributed by atoms with Gasteiger partial charge in [-0.3, -0.25) is 0 Å². The third-order valence-corrected chi connectivity index (χ3v) is 17.3. The summed E-state index contributed by atoms with van der Waals surface area (Å²) in [7, 11) is 0. The molecule has 0 saturated carbocycles. The van der Waals surface area contributed by atoms with Crippen molar-refractivity contribution in [3.05, 3.63) is 234 Å². The minimum atomic E-state index is -0.104. The van der Waals surface area contributed by atoms with Crippen LogP contribution < -0.4 is 13.9 Å². The van der Waals surface area contributed by atoms with Gasteiger partial charge in [-0.15, -0.1) is 23.6 Å². The van der Waals surface area contributed by atoms with E-state index in [4.69, 9.17) is 9.72 Å². The van der Waals surface area contributed by atoms with Gasteiger partial charge in [-0.1, -0.05) is 217 Å². The molecule has 6 nitrogen and oxygen atoms in total. The van der Waals surface area contributed by atoms with Gasteiger partial charge in [-0.2, -0.15) is 12.1 Å².